The van der Waals surface area contributed by atoms with Crippen LogP contribution in [0, 0.1) is 6.92 Å². The maximum atomic E-state index is 12.7. The minimum Gasteiger partial charge on any atom is -0.493 e. The smallest absolute Gasteiger partial charge is 0.306 e. The zero-order chi connectivity index (χ0) is 20.1. The summed E-state index contributed by atoms with van der Waals surface area (Å²) >= 11 is 2.75. The number of carboxylic acid groups (broad SMARTS) is 1. The Hall–Kier alpha value is -2.65. The number of carbonyl (C=O) groups is 2. The molecule has 1 N–H and O–H groups in total. The van der Waals surface area contributed by atoms with Crippen molar-refractivity contribution in [3.8, 4) is 5.75 Å². The number of thiazole rings is 1. The first-order valence-corrected chi connectivity index (χ1v) is 10.3. The Bertz CT molecular complexity index is 952. The Kier molecular flexibility index (Phi) is 6.48. The second-order valence-electron chi connectivity index (χ2n) is 5.89. The first-order chi connectivity index (χ1) is 13.5. The van der Waals surface area contributed by atoms with Crippen LogP contribution in [0.15, 0.2) is 39.5 Å². The molecule has 0 aliphatic carbocycles. The molecule has 1 amide bonds. The lowest BCUT2D eigenvalue weighted by Gasteiger charge is -2.11. The van der Waals surface area contributed by atoms with Crippen molar-refractivity contribution in [3.63, 3.8) is 0 Å². The summed E-state index contributed by atoms with van der Waals surface area (Å²) in [6.45, 7) is 4.42. The third-order valence-electron chi connectivity index (χ3n) is 3.74. The number of aliphatic imine (C=N–C) groups is 1. The summed E-state index contributed by atoms with van der Waals surface area (Å²) < 4.78 is 5.45. The Labute approximate surface area is 170 Å². The number of ether oxygens (including phenoxy) is 1. The van der Waals surface area contributed by atoms with Gasteiger partial charge in [-0.3, -0.25) is 14.5 Å². The molecule has 3 rings (SSSR count). The number of aryl methyl sites for hydroxylation is 1. The molecule has 2 heterocycles. The molecule has 2 aromatic rings. The molecule has 0 radical (unpaired) electrons. The van der Waals surface area contributed by atoms with Gasteiger partial charge in [0.15, 0.2) is 5.17 Å². The minimum absolute atomic E-state index is 0.0683. The molecule has 0 saturated carbocycles. The Morgan fingerprint density at radius 3 is 2.93 bits per heavy atom. The molecule has 1 aromatic carbocycles. The molecule has 9 heteroatoms. The van der Waals surface area contributed by atoms with Crippen LogP contribution in [0.3, 0.4) is 0 Å². The van der Waals surface area contributed by atoms with Gasteiger partial charge >= 0.3 is 5.97 Å². The van der Waals surface area contributed by atoms with Crippen LogP contribution >= 0.6 is 23.1 Å². The molecule has 0 spiro atoms. The number of amides is 1. The van der Waals surface area contributed by atoms with Crippen LogP contribution in [0.4, 0.5) is 5.13 Å². The standard InChI is InChI=1S/C19H19N3O4S2/c1-3-22-17(25)15(28-19(22)21-18-20-12(2)11-27-18)10-13-5-4-6-14(9-13)26-8-7-16(23)24/h4-6,9-11H,3,7-8H2,1-2H3,(H,23,24)/b15-10+,21-19+. The average Bonchev–Trinajstić information content (AvgIpc) is 3.18. The zero-order valence-corrected chi connectivity index (χ0v) is 17.0. The maximum absolute atomic E-state index is 12.7. The van der Waals surface area contributed by atoms with E-state index in [0.717, 1.165) is 11.3 Å². The van der Waals surface area contributed by atoms with Gasteiger partial charge in [0.05, 0.1) is 23.6 Å². The van der Waals surface area contributed by atoms with Gasteiger partial charge in [-0.25, -0.2) is 4.98 Å². The summed E-state index contributed by atoms with van der Waals surface area (Å²) in [5, 5.41) is 11.9. The van der Waals surface area contributed by atoms with Crippen LogP contribution in [0.1, 0.15) is 24.6 Å². The van der Waals surface area contributed by atoms with Crippen LogP contribution in [0.25, 0.3) is 6.08 Å². The second-order valence-corrected chi connectivity index (χ2v) is 7.74. The summed E-state index contributed by atoms with van der Waals surface area (Å²) in [4.78, 5) is 34.4. The second kappa shape index (κ2) is 9.03. The van der Waals surface area contributed by atoms with Gasteiger partial charge in [0.2, 0.25) is 5.13 Å². The average molecular weight is 418 g/mol. The van der Waals surface area contributed by atoms with E-state index in [1.165, 1.54) is 23.1 Å². The van der Waals surface area contributed by atoms with Crippen molar-refractivity contribution in [2.24, 2.45) is 4.99 Å². The number of aromatic nitrogens is 1. The van der Waals surface area contributed by atoms with E-state index in [1.807, 2.05) is 25.3 Å². The lowest BCUT2D eigenvalue weighted by molar-refractivity contribution is -0.137. The Morgan fingerprint density at radius 1 is 1.43 bits per heavy atom. The first-order valence-electron chi connectivity index (χ1n) is 8.63. The zero-order valence-electron chi connectivity index (χ0n) is 15.4. The number of nitrogens with zero attached hydrogens (tertiary/aromatic N) is 3. The van der Waals surface area contributed by atoms with E-state index in [2.05, 4.69) is 9.98 Å². The lowest BCUT2D eigenvalue weighted by atomic mass is 10.2. The number of rotatable bonds is 7. The van der Waals surface area contributed by atoms with Gasteiger partial charge in [-0.1, -0.05) is 12.1 Å². The van der Waals surface area contributed by atoms with Crippen molar-refractivity contribution in [1.29, 1.82) is 0 Å². The molecule has 1 saturated heterocycles. The van der Waals surface area contributed by atoms with Crippen molar-refractivity contribution in [1.82, 2.24) is 9.88 Å². The number of likely N-dealkylation sites (N-methyl/N-ethyl adjacent to an activating group) is 1. The van der Waals surface area contributed by atoms with Crippen molar-refractivity contribution < 1.29 is 19.4 Å². The quantitative estimate of drug-likeness (QED) is 0.686. The fourth-order valence-electron chi connectivity index (χ4n) is 2.45. The van der Waals surface area contributed by atoms with Gasteiger partial charge in [-0.05, 0) is 49.4 Å². The minimum atomic E-state index is -0.909. The highest BCUT2D eigenvalue weighted by molar-refractivity contribution is 8.18. The van der Waals surface area contributed by atoms with E-state index in [9.17, 15) is 9.59 Å². The number of carboxylic acids is 1. The number of aliphatic carboxylic acids is 1. The van der Waals surface area contributed by atoms with Crippen LogP contribution in [-0.2, 0) is 9.59 Å². The van der Waals surface area contributed by atoms with Gasteiger partial charge in [0.1, 0.15) is 5.75 Å². The number of benzene rings is 1. The molecule has 146 valence electrons. The van der Waals surface area contributed by atoms with Crippen LogP contribution in [0.2, 0.25) is 0 Å². The SMILES string of the molecule is CCN1C(=O)/C(=C\c2cccc(OCCC(=O)O)c2)S/C1=N/c1nc(C)cs1. The molecule has 1 fully saturated rings. The first kappa shape index (κ1) is 20.1. The number of amidine groups is 1. The highest BCUT2D eigenvalue weighted by Gasteiger charge is 2.32. The summed E-state index contributed by atoms with van der Waals surface area (Å²) in [7, 11) is 0. The molecule has 1 aromatic heterocycles. The Balaban J connectivity index is 1.79. The van der Waals surface area contributed by atoms with E-state index < -0.39 is 5.97 Å². The summed E-state index contributed by atoms with van der Waals surface area (Å²) in [6.07, 6.45) is 1.72. The van der Waals surface area contributed by atoms with Crippen molar-refractivity contribution in [2.75, 3.05) is 13.2 Å². The van der Waals surface area contributed by atoms with E-state index in [0.29, 0.717) is 27.5 Å². The fourth-order valence-corrected chi connectivity index (χ4v) is 4.21. The maximum Gasteiger partial charge on any atom is 0.306 e. The number of carbonyl (C=O) groups excluding carboxylic acids is 1. The number of thioether (sulfide) groups is 1. The molecular formula is C19H19N3O4S2. The molecule has 28 heavy (non-hydrogen) atoms. The van der Waals surface area contributed by atoms with Crippen molar-refractivity contribution in [3.05, 3.63) is 45.8 Å². The van der Waals surface area contributed by atoms with E-state index in [4.69, 9.17) is 9.84 Å². The molecule has 0 bridgehead atoms. The molecule has 0 unspecified atom stereocenters. The lowest BCUT2D eigenvalue weighted by Crippen LogP contribution is -2.28. The number of hydrogen-bond acceptors (Lipinski definition) is 7. The summed E-state index contributed by atoms with van der Waals surface area (Å²) in [5.74, 6) is -0.449. The largest absolute Gasteiger partial charge is 0.493 e. The molecular weight excluding hydrogens is 398 g/mol. The van der Waals surface area contributed by atoms with Crippen LogP contribution in [0.5, 0.6) is 5.75 Å². The Morgan fingerprint density at radius 2 is 2.25 bits per heavy atom. The highest BCUT2D eigenvalue weighted by atomic mass is 32.2. The highest BCUT2D eigenvalue weighted by Crippen LogP contribution is 2.34. The van der Waals surface area contributed by atoms with Gasteiger partial charge < -0.3 is 9.84 Å². The summed E-state index contributed by atoms with van der Waals surface area (Å²) in [6, 6.07) is 7.19. The molecule has 1 aliphatic heterocycles. The van der Waals surface area contributed by atoms with E-state index in [-0.39, 0.29) is 18.9 Å². The normalized spacial score (nSPS) is 16.9. The van der Waals surface area contributed by atoms with E-state index >= 15 is 0 Å². The predicted octanol–water partition coefficient (Wildman–Crippen LogP) is 3.93. The molecule has 0 atom stereocenters. The predicted molar refractivity (Wildman–Crippen MR) is 111 cm³/mol. The van der Waals surface area contributed by atoms with Gasteiger partial charge in [0, 0.05) is 11.9 Å². The van der Waals surface area contributed by atoms with Crippen molar-refractivity contribution in [2.45, 2.75) is 20.3 Å². The third kappa shape index (κ3) is 4.99. The van der Waals surface area contributed by atoms with Gasteiger partial charge in [0.25, 0.3) is 5.91 Å². The third-order valence-corrected chi connectivity index (χ3v) is 5.60. The van der Waals surface area contributed by atoms with Crippen LogP contribution < -0.4 is 4.74 Å². The molecule has 1 aliphatic rings. The number of hydrogen-bond donors (Lipinski definition) is 1. The van der Waals surface area contributed by atoms with Gasteiger partial charge in [-0.15, -0.1) is 11.3 Å². The van der Waals surface area contributed by atoms with E-state index in [1.54, 1.807) is 29.2 Å². The molecule has 7 nitrogen and oxygen atoms in total. The fraction of sp³-hybridized carbons (Fsp3) is 0.263. The summed E-state index contributed by atoms with van der Waals surface area (Å²) in [5.41, 5.74) is 1.70. The van der Waals surface area contributed by atoms with Gasteiger partial charge in [-0.2, -0.15) is 4.99 Å². The van der Waals surface area contributed by atoms with Crippen LogP contribution in [-0.4, -0.2) is 45.2 Å². The van der Waals surface area contributed by atoms with Crippen molar-refractivity contribution >= 4 is 51.4 Å². The monoisotopic (exact) mass is 417 g/mol. The topological polar surface area (TPSA) is 92.1 Å².